The maximum absolute atomic E-state index is 13.3. The third-order valence-electron chi connectivity index (χ3n) is 3.36. The van der Waals surface area contributed by atoms with Crippen molar-refractivity contribution in [3.05, 3.63) is 77.2 Å². The Kier molecular flexibility index (Phi) is 4.33. The van der Waals surface area contributed by atoms with Gasteiger partial charge in [0.05, 0.1) is 6.20 Å². The lowest BCUT2D eigenvalue weighted by Gasteiger charge is -2.05. The number of nitrogens with zero attached hydrogens (tertiary/aromatic N) is 1. The molecule has 1 heterocycles. The molecule has 0 spiro atoms. The molecule has 0 unspecified atom stereocenters. The number of nitrogens with one attached hydrogen (secondary N) is 1. The first kappa shape index (κ1) is 15.8. The summed E-state index contributed by atoms with van der Waals surface area (Å²) in [5, 5.41) is 6.16. The van der Waals surface area contributed by atoms with E-state index in [4.69, 9.17) is 4.52 Å². The quantitative estimate of drug-likeness (QED) is 0.793. The van der Waals surface area contributed by atoms with E-state index in [0.29, 0.717) is 5.56 Å². The predicted octanol–water partition coefficient (Wildman–Crippen LogP) is 3.69. The Morgan fingerprint density at radius 2 is 1.79 bits per heavy atom. The zero-order valence-corrected chi connectivity index (χ0v) is 12.2. The fraction of sp³-hybridized carbons (Fsp3) is 0.0588. The molecule has 7 heteroatoms. The molecule has 0 radical (unpaired) electrons. The minimum Gasteiger partial charge on any atom is -0.355 e. The molecule has 0 aliphatic carbocycles. The van der Waals surface area contributed by atoms with Crippen LogP contribution in [0.1, 0.15) is 15.9 Å². The average Bonchev–Trinajstić information content (AvgIpc) is 3.06. The second-order valence-corrected chi connectivity index (χ2v) is 5.01. The molecule has 1 amide bonds. The van der Waals surface area contributed by atoms with Gasteiger partial charge in [-0.1, -0.05) is 17.3 Å². The number of aromatic nitrogens is 1. The lowest BCUT2D eigenvalue weighted by atomic mass is 10.1. The summed E-state index contributed by atoms with van der Waals surface area (Å²) in [6, 6.07) is 8.80. The molecule has 4 nitrogen and oxygen atoms in total. The van der Waals surface area contributed by atoms with Gasteiger partial charge in [-0.3, -0.25) is 4.79 Å². The molecule has 0 atom stereocenters. The van der Waals surface area contributed by atoms with Crippen LogP contribution in [0.3, 0.4) is 0 Å². The van der Waals surface area contributed by atoms with Crippen LogP contribution in [-0.4, -0.2) is 11.1 Å². The Hall–Kier alpha value is -3.09. The fourth-order valence-electron chi connectivity index (χ4n) is 2.13. The van der Waals surface area contributed by atoms with Crippen molar-refractivity contribution >= 4 is 5.91 Å². The molecule has 0 saturated carbocycles. The van der Waals surface area contributed by atoms with E-state index in [1.807, 2.05) is 0 Å². The maximum atomic E-state index is 13.3. The number of amides is 1. The van der Waals surface area contributed by atoms with E-state index in [2.05, 4.69) is 10.5 Å². The molecule has 0 fully saturated rings. The normalized spacial score (nSPS) is 10.6. The fourth-order valence-corrected chi connectivity index (χ4v) is 2.13. The molecular weight excluding hydrogens is 321 g/mol. The van der Waals surface area contributed by atoms with Gasteiger partial charge in [-0.05, 0) is 35.9 Å². The smallest absolute Gasteiger partial charge is 0.257 e. The van der Waals surface area contributed by atoms with Gasteiger partial charge in [0, 0.05) is 12.1 Å². The molecule has 0 bridgehead atoms. The summed E-state index contributed by atoms with van der Waals surface area (Å²) in [6.07, 6.45) is 1.19. The summed E-state index contributed by atoms with van der Waals surface area (Å²) >= 11 is 0. The van der Waals surface area contributed by atoms with Crippen molar-refractivity contribution in [2.75, 3.05) is 0 Å². The van der Waals surface area contributed by atoms with Crippen LogP contribution in [-0.2, 0) is 6.54 Å². The van der Waals surface area contributed by atoms with Gasteiger partial charge >= 0.3 is 0 Å². The predicted molar refractivity (Wildman–Crippen MR) is 79.4 cm³/mol. The lowest BCUT2D eigenvalue weighted by molar-refractivity contribution is 0.0951. The van der Waals surface area contributed by atoms with Gasteiger partial charge in [-0.15, -0.1) is 0 Å². The third kappa shape index (κ3) is 3.29. The highest BCUT2D eigenvalue weighted by atomic mass is 19.2. The second-order valence-electron chi connectivity index (χ2n) is 5.01. The average molecular weight is 332 g/mol. The zero-order chi connectivity index (χ0) is 17.1. The first-order valence-corrected chi connectivity index (χ1v) is 6.97. The Labute approximate surface area is 134 Å². The number of carbonyl (C=O) groups excluding carboxylic acids is 1. The highest BCUT2D eigenvalue weighted by Gasteiger charge is 2.19. The lowest BCUT2D eigenvalue weighted by Crippen LogP contribution is -2.22. The van der Waals surface area contributed by atoms with E-state index in [9.17, 15) is 18.0 Å². The highest BCUT2D eigenvalue weighted by molar-refractivity contribution is 5.99. The summed E-state index contributed by atoms with van der Waals surface area (Å²) in [5.41, 5.74) is 0.983. The molecule has 1 N–H and O–H groups in total. The van der Waals surface area contributed by atoms with Crippen molar-refractivity contribution in [3.63, 3.8) is 0 Å². The molecule has 2 aromatic carbocycles. The molecular formula is C17H11F3N2O2. The van der Waals surface area contributed by atoms with Crippen LogP contribution in [0.4, 0.5) is 13.2 Å². The van der Waals surface area contributed by atoms with Crippen LogP contribution in [0.15, 0.2) is 53.2 Å². The zero-order valence-electron chi connectivity index (χ0n) is 12.2. The molecule has 122 valence electrons. The molecule has 3 aromatic rings. The van der Waals surface area contributed by atoms with Crippen LogP contribution in [0.5, 0.6) is 0 Å². The minimum atomic E-state index is -1.05. The molecule has 0 aliphatic heterocycles. The number of carbonyl (C=O) groups is 1. The number of rotatable bonds is 4. The summed E-state index contributed by atoms with van der Waals surface area (Å²) in [6.45, 7) is 0.168. The first-order chi connectivity index (χ1) is 11.5. The van der Waals surface area contributed by atoms with Crippen molar-refractivity contribution in [2.45, 2.75) is 6.54 Å². The Morgan fingerprint density at radius 1 is 1.04 bits per heavy atom. The van der Waals surface area contributed by atoms with Crippen molar-refractivity contribution in [1.82, 2.24) is 10.5 Å². The Balaban J connectivity index is 1.77. The van der Waals surface area contributed by atoms with Gasteiger partial charge in [0.1, 0.15) is 11.4 Å². The number of halogens is 3. The van der Waals surface area contributed by atoms with Crippen molar-refractivity contribution in [1.29, 1.82) is 0 Å². The van der Waals surface area contributed by atoms with Gasteiger partial charge in [0.25, 0.3) is 5.91 Å². The topological polar surface area (TPSA) is 55.1 Å². The van der Waals surface area contributed by atoms with E-state index >= 15 is 0 Å². The summed E-state index contributed by atoms with van der Waals surface area (Å²) in [5.74, 6) is -2.89. The Bertz CT molecular complexity index is 876. The van der Waals surface area contributed by atoms with Crippen LogP contribution < -0.4 is 5.32 Å². The highest BCUT2D eigenvalue weighted by Crippen LogP contribution is 2.25. The van der Waals surface area contributed by atoms with Gasteiger partial charge in [-0.25, -0.2) is 13.2 Å². The molecule has 3 rings (SSSR count). The van der Waals surface area contributed by atoms with Crippen LogP contribution in [0.2, 0.25) is 0 Å². The SMILES string of the molecule is O=C(NCc1ccc(F)cc1)c1cnoc1-c1ccc(F)c(F)c1. The van der Waals surface area contributed by atoms with Gasteiger partial charge < -0.3 is 9.84 Å². The van der Waals surface area contributed by atoms with Crippen molar-refractivity contribution in [2.24, 2.45) is 0 Å². The van der Waals surface area contributed by atoms with E-state index in [1.54, 1.807) is 12.1 Å². The van der Waals surface area contributed by atoms with Gasteiger partial charge in [0.15, 0.2) is 17.4 Å². The van der Waals surface area contributed by atoms with E-state index in [1.165, 1.54) is 24.4 Å². The first-order valence-electron chi connectivity index (χ1n) is 6.97. The summed E-state index contributed by atoms with van der Waals surface area (Å²) in [4.78, 5) is 12.2. The number of hydrogen-bond acceptors (Lipinski definition) is 3. The summed E-state index contributed by atoms with van der Waals surface area (Å²) < 4.78 is 44.2. The van der Waals surface area contributed by atoms with Crippen molar-refractivity contribution < 1.29 is 22.5 Å². The van der Waals surface area contributed by atoms with Crippen LogP contribution in [0, 0.1) is 17.5 Å². The number of hydrogen-bond donors (Lipinski definition) is 1. The minimum absolute atomic E-state index is 0.0329. The van der Waals surface area contributed by atoms with Gasteiger partial charge in [0.2, 0.25) is 0 Å². The maximum Gasteiger partial charge on any atom is 0.257 e. The largest absolute Gasteiger partial charge is 0.355 e. The summed E-state index contributed by atoms with van der Waals surface area (Å²) in [7, 11) is 0. The molecule has 0 saturated heterocycles. The number of benzene rings is 2. The second kappa shape index (κ2) is 6.57. The molecule has 1 aromatic heterocycles. The monoisotopic (exact) mass is 332 g/mol. The van der Waals surface area contributed by atoms with E-state index in [-0.39, 0.29) is 29.2 Å². The molecule has 24 heavy (non-hydrogen) atoms. The van der Waals surface area contributed by atoms with Crippen LogP contribution >= 0.6 is 0 Å². The van der Waals surface area contributed by atoms with Gasteiger partial charge in [-0.2, -0.15) is 0 Å². The van der Waals surface area contributed by atoms with Crippen LogP contribution in [0.25, 0.3) is 11.3 Å². The third-order valence-corrected chi connectivity index (χ3v) is 3.36. The standard InChI is InChI=1S/C17H11F3N2O2/c18-12-4-1-10(2-5-12)8-21-17(23)13-9-22-24-16(13)11-3-6-14(19)15(20)7-11/h1-7,9H,8H2,(H,21,23). The van der Waals surface area contributed by atoms with Crippen molar-refractivity contribution in [3.8, 4) is 11.3 Å². The molecule has 0 aliphatic rings. The van der Waals surface area contributed by atoms with E-state index < -0.39 is 17.5 Å². The van der Waals surface area contributed by atoms with E-state index in [0.717, 1.165) is 12.1 Å². The Morgan fingerprint density at radius 3 is 2.50 bits per heavy atom.